The molecule has 0 aliphatic carbocycles. The van der Waals surface area contributed by atoms with Crippen LogP contribution in [0.25, 0.3) is 0 Å². The molecule has 7 heteroatoms. The summed E-state index contributed by atoms with van der Waals surface area (Å²) >= 11 is 0. The second-order valence-corrected chi connectivity index (χ2v) is 7.74. The first kappa shape index (κ1) is 19.1. The van der Waals surface area contributed by atoms with Gasteiger partial charge in [0, 0.05) is 19.1 Å². The van der Waals surface area contributed by atoms with Crippen LogP contribution in [0.2, 0.25) is 0 Å². The van der Waals surface area contributed by atoms with E-state index in [0.29, 0.717) is 13.1 Å². The van der Waals surface area contributed by atoms with Crippen molar-refractivity contribution in [3.8, 4) is 0 Å². The molecule has 0 atom stereocenters. The molecular weight excluding hydrogens is 340 g/mol. The van der Waals surface area contributed by atoms with Crippen LogP contribution >= 0.6 is 0 Å². The molecule has 0 unspecified atom stereocenters. The Hall–Kier alpha value is -2.22. The van der Waals surface area contributed by atoms with Gasteiger partial charge in [-0.1, -0.05) is 24.3 Å². The SMILES string of the molecule is CC(C)NS(=O)(=O)c1cccc(CNCc2ccc(C(=O)O)cc2)c1. The largest absolute Gasteiger partial charge is 0.478 e. The van der Waals surface area contributed by atoms with Crippen molar-refractivity contribution in [3.05, 3.63) is 65.2 Å². The number of rotatable bonds is 8. The molecule has 0 aliphatic heterocycles. The number of hydrogen-bond acceptors (Lipinski definition) is 4. The average Bonchev–Trinajstić information content (AvgIpc) is 2.54. The molecule has 0 saturated carbocycles. The first-order chi connectivity index (χ1) is 11.8. The van der Waals surface area contributed by atoms with E-state index in [1.165, 1.54) is 0 Å². The van der Waals surface area contributed by atoms with Crippen molar-refractivity contribution in [2.75, 3.05) is 0 Å². The van der Waals surface area contributed by atoms with Crippen LogP contribution in [0.4, 0.5) is 0 Å². The zero-order valence-electron chi connectivity index (χ0n) is 14.2. The normalized spacial score (nSPS) is 11.6. The van der Waals surface area contributed by atoms with Crippen LogP contribution in [0.3, 0.4) is 0 Å². The molecule has 6 nitrogen and oxygen atoms in total. The van der Waals surface area contributed by atoms with E-state index in [9.17, 15) is 13.2 Å². The van der Waals surface area contributed by atoms with E-state index in [0.717, 1.165) is 11.1 Å². The maximum absolute atomic E-state index is 12.2. The predicted octanol–water partition coefficient (Wildman–Crippen LogP) is 2.36. The second kappa shape index (κ2) is 8.24. The lowest BCUT2D eigenvalue weighted by atomic mass is 10.1. The standard InChI is InChI=1S/C18H22N2O4S/c1-13(2)20-25(23,24)17-5-3-4-15(10-17)12-19-11-14-6-8-16(9-7-14)18(21)22/h3-10,13,19-20H,11-12H2,1-2H3,(H,21,22). The average molecular weight is 362 g/mol. The lowest BCUT2D eigenvalue weighted by Crippen LogP contribution is -2.30. The fourth-order valence-electron chi connectivity index (χ4n) is 2.32. The van der Waals surface area contributed by atoms with Crippen molar-refractivity contribution in [2.24, 2.45) is 0 Å². The van der Waals surface area contributed by atoms with Gasteiger partial charge in [-0.3, -0.25) is 0 Å². The molecule has 2 aromatic rings. The monoisotopic (exact) mass is 362 g/mol. The van der Waals surface area contributed by atoms with Gasteiger partial charge in [-0.2, -0.15) is 0 Å². The van der Waals surface area contributed by atoms with E-state index in [4.69, 9.17) is 5.11 Å². The molecule has 0 aliphatic rings. The van der Waals surface area contributed by atoms with Crippen molar-refractivity contribution in [2.45, 2.75) is 37.9 Å². The van der Waals surface area contributed by atoms with Gasteiger partial charge in [0.1, 0.15) is 0 Å². The smallest absolute Gasteiger partial charge is 0.335 e. The number of carbonyl (C=O) groups is 1. The minimum atomic E-state index is -3.51. The molecule has 0 heterocycles. The van der Waals surface area contributed by atoms with E-state index in [2.05, 4.69) is 10.0 Å². The molecule has 2 rings (SSSR count). The van der Waals surface area contributed by atoms with Crippen molar-refractivity contribution >= 4 is 16.0 Å². The second-order valence-electron chi connectivity index (χ2n) is 6.03. The fraction of sp³-hybridized carbons (Fsp3) is 0.278. The Morgan fingerprint density at radius 3 is 2.28 bits per heavy atom. The van der Waals surface area contributed by atoms with Crippen LogP contribution in [0.5, 0.6) is 0 Å². The molecule has 2 aromatic carbocycles. The predicted molar refractivity (Wildman–Crippen MR) is 95.8 cm³/mol. The van der Waals surface area contributed by atoms with Crippen LogP contribution in [-0.4, -0.2) is 25.5 Å². The highest BCUT2D eigenvalue weighted by Gasteiger charge is 2.15. The number of aromatic carboxylic acids is 1. The molecule has 0 spiro atoms. The summed E-state index contributed by atoms with van der Waals surface area (Å²) in [6, 6.07) is 13.2. The summed E-state index contributed by atoms with van der Waals surface area (Å²) in [6.45, 7) is 4.62. The van der Waals surface area contributed by atoms with E-state index in [-0.39, 0.29) is 16.5 Å². The molecule has 0 saturated heterocycles. The topological polar surface area (TPSA) is 95.5 Å². The molecule has 0 radical (unpaired) electrons. The van der Waals surface area contributed by atoms with Gasteiger partial charge in [0.05, 0.1) is 10.5 Å². The fourth-order valence-corrected chi connectivity index (χ4v) is 3.64. The van der Waals surface area contributed by atoms with Gasteiger partial charge in [-0.25, -0.2) is 17.9 Å². The minimum absolute atomic E-state index is 0.166. The highest BCUT2D eigenvalue weighted by molar-refractivity contribution is 7.89. The van der Waals surface area contributed by atoms with Gasteiger partial charge < -0.3 is 10.4 Å². The number of carboxylic acid groups (broad SMARTS) is 1. The maximum atomic E-state index is 12.2. The van der Waals surface area contributed by atoms with E-state index in [1.807, 2.05) is 6.07 Å². The van der Waals surface area contributed by atoms with Crippen molar-refractivity contribution in [1.29, 1.82) is 0 Å². The van der Waals surface area contributed by atoms with Crippen molar-refractivity contribution in [1.82, 2.24) is 10.0 Å². The van der Waals surface area contributed by atoms with Gasteiger partial charge in [-0.05, 0) is 49.2 Å². The Bertz CT molecular complexity index is 830. The molecule has 25 heavy (non-hydrogen) atoms. The van der Waals surface area contributed by atoms with Crippen LogP contribution in [0.1, 0.15) is 35.3 Å². The first-order valence-corrected chi connectivity index (χ1v) is 9.40. The third-order valence-corrected chi connectivity index (χ3v) is 5.11. The van der Waals surface area contributed by atoms with E-state index < -0.39 is 16.0 Å². The maximum Gasteiger partial charge on any atom is 0.335 e. The Balaban J connectivity index is 1.97. The van der Waals surface area contributed by atoms with Gasteiger partial charge in [0.15, 0.2) is 0 Å². The van der Waals surface area contributed by atoms with E-state index in [1.54, 1.807) is 56.3 Å². The summed E-state index contributed by atoms with van der Waals surface area (Å²) in [6.07, 6.45) is 0. The van der Waals surface area contributed by atoms with E-state index >= 15 is 0 Å². The molecule has 0 aromatic heterocycles. The third-order valence-electron chi connectivity index (χ3n) is 3.46. The molecular formula is C18H22N2O4S. The Kier molecular flexibility index (Phi) is 6.30. The lowest BCUT2D eigenvalue weighted by Gasteiger charge is -2.11. The zero-order chi connectivity index (χ0) is 18.4. The zero-order valence-corrected chi connectivity index (χ0v) is 15.0. The number of sulfonamides is 1. The van der Waals surface area contributed by atoms with Crippen LogP contribution < -0.4 is 10.0 Å². The minimum Gasteiger partial charge on any atom is -0.478 e. The summed E-state index contributed by atoms with van der Waals surface area (Å²) in [7, 11) is -3.51. The Morgan fingerprint density at radius 1 is 1.04 bits per heavy atom. The summed E-state index contributed by atoms with van der Waals surface area (Å²) < 4.78 is 27.0. The summed E-state index contributed by atoms with van der Waals surface area (Å²) in [5, 5.41) is 12.1. The summed E-state index contributed by atoms with van der Waals surface area (Å²) in [5.41, 5.74) is 2.06. The molecule has 0 fully saturated rings. The number of nitrogens with one attached hydrogen (secondary N) is 2. The number of carboxylic acids is 1. The summed E-state index contributed by atoms with van der Waals surface area (Å²) in [5.74, 6) is -0.951. The highest BCUT2D eigenvalue weighted by atomic mass is 32.2. The lowest BCUT2D eigenvalue weighted by molar-refractivity contribution is 0.0697. The first-order valence-electron chi connectivity index (χ1n) is 7.92. The third kappa shape index (κ3) is 5.67. The summed E-state index contributed by atoms with van der Waals surface area (Å²) in [4.78, 5) is 11.1. The molecule has 134 valence electrons. The van der Waals surface area contributed by atoms with Crippen LogP contribution in [0, 0.1) is 0 Å². The van der Waals surface area contributed by atoms with Crippen molar-refractivity contribution in [3.63, 3.8) is 0 Å². The highest BCUT2D eigenvalue weighted by Crippen LogP contribution is 2.12. The van der Waals surface area contributed by atoms with Crippen LogP contribution in [-0.2, 0) is 23.1 Å². The quantitative estimate of drug-likeness (QED) is 0.670. The van der Waals surface area contributed by atoms with Gasteiger partial charge in [0.25, 0.3) is 0 Å². The van der Waals surface area contributed by atoms with Gasteiger partial charge >= 0.3 is 5.97 Å². The van der Waals surface area contributed by atoms with Crippen molar-refractivity contribution < 1.29 is 18.3 Å². The number of benzene rings is 2. The van der Waals surface area contributed by atoms with Gasteiger partial charge in [0.2, 0.25) is 10.0 Å². The molecule has 3 N–H and O–H groups in total. The number of hydrogen-bond donors (Lipinski definition) is 3. The molecule has 0 bridgehead atoms. The Morgan fingerprint density at radius 2 is 1.68 bits per heavy atom. The van der Waals surface area contributed by atoms with Gasteiger partial charge in [-0.15, -0.1) is 0 Å². The van der Waals surface area contributed by atoms with Crippen LogP contribution in [0.15, 0.2) is 53.4 Å². The Labute approximate surface area is 147 Å². The molecule has 0 amide bonds.